The van der Waals surface area contributed by atoms with Crippen molar-refractivity contribution >= 4 is 5.78 Å². The van der Waals surface area contributed by atoms with E-state index in [0.29, 0.717) is 12.2 Å². The maximum absolute atomic E-state index is 11.6. The molecule has 0 aromatic heterocycles. The number of ketones is 1. The summed E-state index contributed by atoms with van der Waals surface area (Å²) in [6.45, 7) is 6.69. The van der Waals surface area contributed by atoms with E-state index in [1.807, 2.05) is 6.08 Å². The number of nitrogens with zero attached hydrogens (tertiary/aromatic N) is 1. The molecule has 0 spiro atoms. The predicted octanol–water partition coefficient (Wildman–Crippen LogP) is 2.75. The van der Waals surface area contributed by atoms with Crippen LogP contribution in [0.4, 0.5) is 0 Å². The van der Waals surface area contributed by atoms with Crippen LogP contribution in [0.25, 0.3) is 0 Å². The summed E-state index contributed by atoms with van der Waals surface area (Å²) < 4.78 is 0. The Morgan fingerprint density at radius 2 is 1.80 bits per heavy atom. The summed E-state index contributed by atoms with van der Waals surface area (Å²) in [7, 11) is 0. The monoisotopic (exact) mass is 207 g/mol. The molecule has 0 unspecified atom stereocenters. The van der Waals surface area contributed by atoms with Crippen molar-refractivity contribution in [1.82, 2.24) is 4.90 Å². The normalized spacial score (nSPS) is 26.4. The molecule has 0 radical (unpaired) electrons. The van der Waals surface area contributed by atoms with Gasteiger partial charge in [0.2, 0.25) is 0 Å². The van der Waals surface area contributed by atoms with Gasteiger partial charge in [0, 0.05) is 31.3 Å². The SMILES string of the molecule is CC1(C)CC(=O)C=C(N2CCCCC2)C1. The third kappa shape index (κ3) is 2.61. The molecule has 2 nitrogen and oxygen atoms in total. The molecule has 2 aliphatic rings. The van der Waals surface area contributed by atoms with E-state index in [1.165, 1.54) is 25.0 Å². The first-order chi connectivity index (χ1) is 7.07. The minimum Gasteiger partial charge on any atom is -0.375 e. The van der Waals surface area contributed by atoms with Crippen molar-refractivity contribution in [2.75, 3.05) is 13.1 Å². The van der Waals surface area contributed by atoms with Crippen molar-refractivity contribution in [1.29, 1.82) is 0 Å². The van der Waals surface area contributed by atoms with Crippen molar-refractivity contribution in [2.24, 2.45) is 5.41 Å². The van der Waals surface area contributed by atoms with Crippen molar-refractivity contribution in [3.05, 3.63) is 11.8 Å². The fraction of sp³-hybridized carbons (Fsp3) is 0.769. The molecular formula is C13H21NO. The van der Waals surface area contributed by atoms with Crippen LogP contribution < -0.4 is 0 Å². The molecule has 0 N–H and O–H groups in total. The van der Waals surface area contributed by atoms with Gasteiger partial charge >= 0.3 is 0 Å². The summed E-state index contributed by atoms with van der Waals surface area (Å²) >= 11 is 0. The third-order valence-corrected chi connectivity index (χ3v) is 3.40. The van der Waals surface area contributed by atoms with Crippen LogP contribution in [0.2, 0.25) is 0 Å². The highest BCUT2D eigenvalue weighted by Gasteiger charge is 2.29. The van der Waals surface area contributed by atoms with Gasteiger partial charge in [-0.15, -0.1) is 0 Å². The predicted molar refractivity (Wildman–Crippen MR) is 61.5 cm³/mol. The standard InChI is InChI=1S/C13H21NO/c1-13(2)9-11(8-12(15)10-13)14-6-4-3-5-7-14/h8H,3-7,9-10H2,1-2H3. The first-order valence-electron chi connectivity index (χ1n) is 6.05. The van der Waals surface area contributed by atoms with E-state index < -0.39 is 0 Å². The summed E-state index contributed by atoms with van der Waals surface area (Å²) in [5, 5.41) is 0. The maximum atomic E-state index is 11.6. The number of likely N-dealkylation sites (tertiary alicyclic amines) is 1. The molecule has 1 fully saturated rings. The van der Waals surface area contributed by atoms with Gasteiger partial charge < -0.3 is 4.90 Å². The average molecular weight is 207 g/mol. The molecule has 0 amide bonds. The van der Waals surface area contributed by atoms with Crippen molar-refractivity contribution in [3.8, 4) is 0 Å². The van der Waals surface area contributed by atoms with E-state index in [4.69, 9.17) is 0 Å². The molecule has 0 saturated carbocycles. The Bertz CT molecular complexity index is 285. The average Bonchev–Trinajstić information content (AvgIpc) is 2.16. The van der Waals surface area contributed by atoms with Crippen molar-refractivity contribution < 1.29 is 4.79 Å². The van der Waals surface area contributed by atoms with E-state index in [9.17, 15) is 4.79 Å². The van der Waals surface area contributed by atoms with Crippen LogP contribution in [0.15, 0.2) is 11.8 Å². The van der Waals surface area contributed by atoms with Gasteiger partial charge in [-0.1, -0.05) is 13.8 Å². The zero-order valence-corrected chi connectivity index (χ0v) is 9.88. The van der Waals surface area contributed by atoms with E-state index in [1.54, 1.807) is 0 Å². The van der Waals surface area contributed by atoms with Gasteiger partial charge in [-0.05, 0) is 31.1 Å². The van der Waals surface area contributed by atoms with Crippen LogP contribution in [0, 0.1) is 5.41 Å². The van der Waals surface area contributed by atoms with E-state index in [0.717, 1.165) is 19.5 Å². The molecule has 2 rings (SSSR count). The lowest BCUT2D eigenvalue weighted by Gasteiger charge is -2.37. The van der Waals surface area contributed by atoms with Crippen LogP contribution in [-0.4, -0.2) is 23.8 Å². The lowest BCUT2D eigenvalue weighted by atomic mass is 9.78. The zero-order valence-electron chi connectivity index (χ0n) is 9.88. The minimum atomic E-state index is 0.165. The number of carbonyl (C=O) groups is 1. The highest BCUT2D eigenvalue weighted by atomic mass is 16.1. The smallest absolute Gasteiger partial charge is 0.157 e. The lowest BCUT2D eigenvalue weighted by molar-refractivity contribution is -0.117. The molecule has 1 aliphatic carbocycles. The van der Waals surface area contributed by atoms with Gasteiger partial charge in [0.05, 0.1) is 0 Å². The fourth-order valence-corrected chi connectivity index (χ4v) is 2.70. The Labute approximate surface area is 92.3 Å². The summed E-state index contributed by atoms with van der Waals surface area (Å²) in [6.07, 6.45) is 7.58. The van der Waals surface area contributed by atoms with Gasteiger partial charge in [0.15, 0.2) is 5.78 Å². The second-order valence-corrected chi connectivity index (χ2v) is 5.67. The van der Waals surface area contributed by atoms with Crippen LogP contribution >= 0.6 is 0 Å². The van der Waals surface area contributed by atoms with Gasteiger partial charge in [-0.3, -0.25) is 4.79 Å². The number of rotatable bonds is 1. The number of hydrogen-bond acceptors (Lipinski definition) is 2. The minimum absolute atomic E-state index is 0.165. The molecule has 0 aromatic carbocycles. The molecule has 0 bridgehead atoms. The molecule has 2 heteroatoms. The fourth-order valence-electron chi connectivity index (χ4n) is 2.70. The molecule has 84 valence electrons. The first kappa shape index (κ1) is 10.7. The largest absolute Gasteiger partial charge is 0.375 e. The number of hydrogen-bond donors (Lipinski definition) is 0. The summed E-state index contributed by atoms with van der Waals surface area (Å²) in [5.74, 6) is 0.312. The Morgan fingerprint density at radius 1 is 1.13 bits per heavy atom. The molecule has 0 aromatic rings. The number of allylic oxidation sites excluding steroid dienone is 2. The van der Waals surface area contributed by atoms with Crippen molar-refractivity contribution in [3.63, 3.8) is 0 Å². The van der Waals surface area contributed by atoms with E-state index >= 15 is 0 Å². The third-order valence-electron chi connectivity index (χ3n) is 3.40. The summed E-state index contributed by atoms with van der Waals surface area (Å²) in [4.78, 5) is 14.0. The van der Waals surface area contributed by atoms with E-state index in [-0.39, 0.29) is 5.41 Å². The van der Waals surface area contributed by atoms with Crippen LogP contribution in [0.1, 0.15) is 46.0 Å². The van der Waals surface area contributed by atoms with Gasteiger partial charge in [-0.2, -0.15) is 0 Å². The number of piperidine rings is 1. The summed E-state index contributed by atoms with van der Waals surface area (Å²) in [5.41, 5.74) is 1.45. The molecule has 0 atom stereocenters. The Hall–Kier alpha value is -0.790. The summed E-state index contributed by atoms with van der Waals surface area (Å²) in [6, 6.07) is 0. The second kappa shape index (κ2) is 3.99. The maximum Gasteiger partial charge on any atom is 0.157 e. The van der Waals surface area contributed by atoms with Gasteiger partial charge in [0.25, 0.3) is 0 Å². The van der Waals surface area contributed by atoms with Crippen LogP contribution in [0.5, 0.6) is 0 Å². The quantitative estimate of drug-likeness (QED) is 0.659. The molecule has 15 heavy (non-hydrogen) atoms. The zero-order chi connectivity index (χ0) is 10.9. The molecule has 1 saturated heterocycles. The van der Waals surface area contributed by atoms with E-state index in [2.05, 4.69) is 18.7 Å². The van der Waals surface area contributed by atoms with Gasteiger partial charge in [0.1, 0.15) is 0 Å². The molecular weight excluding hydrogens is 186 g/mol. The van der Waals surface area contributed by atoms with Crippen LogP contribution in [-0.2, 0) is 4.79 Å². The topological polar surface area (TPSA) is 20.3 Å². The second-order valence-electron chi connectivity index (χ2n) is 5.67. The Kier molecular flexibility index (Phi) is 2.85. The first-order valence-corrected chi connectivity index (χ1v) is 6.05. The van der Waals surface area contributed by atoms with Crippen molar-refractivity contribution in [2.45, 2.75) is 46.0 Å². The Morgan fingerprint density at radius 3 is 2.40 bits per heavy atom. The highest BCUT2D eigenvalue weighted by Crippen LogP contribution is 2.35. The number of carbonyl (C=O) groups excluding carboxylic acids is 1. The lowest BCUT2D eigenvalue weighted by Crippen LogP contribution is -2.34. The Balaban J connectivity index is 2.10. The molecule has 1 heterocycles. The molecule has 1 aliphatic heterocycles. The highest BCUT2D eigenvalue weighted by molar-refractivity contribution is 5.91. The van der Waals surface area contributed by atoms with Gasteiger partial charge in [-0.25, -0.2) is 0 Å². The van der Waals surface area contributed by atoms with Crippen LogP contribution in [0.3, 0.4) is 0 Å².